The van der Waals surface area contributed by atoms with Crippen LogP contribution in [0, 0.1) is 5.92 Å². The molecule has 0 aromatic heterocycles. The van der Waals surface area contributed by atoms with Crippen molar-refractivity contribution < 1.29 is 24.2 Å². The van der Waals surface area contributed by atoms with Gasteiger partial charge >= 0.3 is 5.97 Å². The van der Waals surface area contributed by atoms with E-state index in [9.17, 15) is 9.59 Å². The molecule has 2 N–H and O–H groups in total. The summed E-state index contributed by atoms with van der Waals surface area (Å²) in [6, 6.07) is 7.37. The van der Waals surface area contributed by atoms with Crippen LogP contribution in [-0.2, 0) is 9.59 Å². The Bertz CT molecular complexity index is 538. The molecule has 0 heterocycles. The number of hydrogen-bond acceptors (Lipinski definition) is 4. The van der Waals surface area contributed by atoms with Gasteiger partial charge in [0.15, 0.2) is 11.5 Å². The van der Waals surface area contributed by atoms with Crippen LogP contribution in [0.1, 0.15) is 32.1 Å². The zero-order valence-corrected chi connectivity index (χ0v) is 13.3. The van der Waals surface area contributed by atoms with Gasteiger partial charge in [-0.2, -0.15) is 0 Å². The molecule has 1 aromatic carbocycles. The van der Waals surface area contributed by atoms with E-state index in [1.807, 2.05) is 12.1 Å². The topological polar surface area (TPSA) is 84.9 Å². The average molecular weight is 321 g/mol. The van der Waals surface area contributed by atoms with Crippen molar-refractivity contribution in [2.75, 3.05) is 13.7 Å². The normalized spacial score (nSPS) is 20.6. The fourth-order valence-corrected chi connectivity index (χ4v) is 2.78. The zero-order chi connectivity index (χ0) is 16.7. The third kappa shape index (κ3) is 5.16. The largest absolute Gasteiger partial charge is 0.493 e. The number of rotatable bonds is 7. The van der Waals surface area contributed by atoms with Gasteiger partial charge in [0, 0.05) is 6.04 Å². The van der Waals surface area contributed by atoms with Crippen molar-refractivity contribution >= 4 is 11.9 Å². The van der Waals surface area contributed by atoms with E-state index in [2.05, 4.69) is 5.32 Å². The Labute approximate surface area is 135 Å². The van der Waals surface area contributed by atoms with Crippen LogP contribution in [0.3, 0.4) is 0 Å². The number of carbonyl (C=O) groups excluding carboxylic acids is 1. The lowest BCUT2D eigenvalue weighted by Gasteiger charge is -2.26. The summed E-state index contributed by atoms with van der Waals surface area (Å²) in [5.41, 5.74) is 0. The van der Waals surface area contributed by atoms with Gasteiger partial charge in [0.05, 0.1) is 26.1 Å². The van der Waals surface area contributed by atoms with E-state index >= 15 is 0 Å². The molecule has 1 aromatic rings. The maximum atomic E-state index is 11.9. The first-order valence-corrected chi connectivity index (χ1v) is 7.88. The van der Waals surface area contributed by atoms with Crippen molar-refractivity contribution in [1.29, 1.82) is 0 Å². The maximum Gasteiger partial charge on any atom is 0.306 e. The van der Waals surface area contributed by atoms with Gasteiger partial charge in [0.2, 0.25) is 5.91 Å². The maximum absolute atomic E-state index is 11.9. The number of carbonyl (C=O) groups is 2. The van der Waals surface area contributed by atoms with Crippen LogP contribution in [0.4, 0.5) is 0 Å². The minimum atomic E-state index is -0.736. The summed E-state index contributed by atoms with van der Waals surface area (Å²) in [5.74, 6) is 0.181. The molecule has 6 heteroatoms. The minimum absolute atomic E-state index is 0.0707. The summed E-state index contributed by atoms with van der Waals surface area (Å²) in [5, 5.41) is 11.9. The van der Waals surface area contributed by atoms with Gasteiger partial charge in [0.25, 0.3) is 0 Å². The molecular weight excluding hydrogens is 298 g/mol. The number of methoxy groups -OCH3 is 1. The smallest absolute Gasteiger partial charge is 0.306 e. The number of carboxylic acid groups (broad SMARTS) is 1. The number of benzene rings is 1. The molecule has 1 aliphatic rings. The molecule has 0 unspecified atom stereocenters. The molecule has 2 rings (SSSR count). The summed E-state index contributed by atoms with van der Waals surface area (Å²) < 4.78 is 10.8. The average Bonchev–Trinajstić information content (AvgIpc) is 2.55. The Balaban J connectivity index is 1.69. The fraction of sp³-hybridized carbons (Fsp3) is 0.529. The molecule has 126 valence electrons. The predicted octanol–water partition coefficient (Wildman–Crippen LogP) is 2.22. The number of hydrogen-bond donors (Lipinski definition) is 2. The quantitative estimate of drug-likeness (QED) is 0.804. The van der Waals surface area contributed by atoms with Crippen LogP contribution in [0.5, 0.6) is 11.5 Å². The number of ether oxygens (including phenoxy) is 2. The molecule has 0 aliphatic heterocycles. The first kappa shape index (κ1) is 17.1. The van der Waals surface area contributed by atoms with Crippen LogP contribution < -0.4 is 14.8 Å². The summed E-state index contributed by atoms with van der Waals surface area (Å²) in [6.45, 7) is 0.274. The Morgan fingerprint density at radius 2 is 1.83 bits per heavy atom. The summed E-state index contributed by atoms with van der Waals surface area (Å²) >= 11 is 0. The van der Waals surface area contributed by atoms with Gasteiger partial charge in [-0.25, -0.2) is 0 Å². The highest BCUT2D eigenvalue weighted by Gasteiger charge is 2.26. The molecule has 1 aliphatic carbocycles. The molecule has 1 fully saturated rings. The van der Waals surface area contributed by atoms with E-state index in [4.69, 9.17) is 14.6 Å². The summed E-state index contributed by atoms with van der Waals surface area (Å²) in [4.78, 5) is 22.8. The second-order valence-corrected chi connectivity index (χ2v) is 5.70. The Morgan fingerprint density at radius 1 is 1.17 bits per heavy atom. The first-order chi connectivity index (χ1) is 11.1. The van der Waals surface area contributed by atoms with Gasteiger partial charge in [-0.15, -0.1) is 0 Å². The Morgan fingerprint density at radius 3 is 2.43 bits per heavy atom. The lowest BCUT2D eigenvalue weighted by Crippen LogP contribution is -2.39. The SMILES string of the molecule is COc1ccccc1OCCC(=O)NC1CCC(C(=O)O)CC1. The highest BCUT2D eigenvalue weighted by molar-refractivity contribution is 5.76. The highest BCUT2D eigenvalue weighted by atomic mass is 16.5. The zero-order valence-electron chi connectivity index (χ0n) is 13.3. The molecule has 6 nitrogen and oxygen atoms in total. The second-order valence-electron chi connectivity index (χ2n) is 5.70. The molecule has 1 saturated carbocycles. The van der Waals surface area contributed by atoms with Crippen molar-refractivity contribution in [1.82, 2.24) is 5.32 Å². The van der Waals surface area contributed by atoms with Crippen LogP contribution in [-0.4, -0.2) is 36.7 Å². The van der Waals surface area contributed by atoms with Crippen molar-refractivity contribution in [3.05, 3.63) is 24.3 Å². The number of carboxylic acids is 1. The number of nitrogens with one attached hydrogen (secondary N) is 1. The lowest BCUT2D eigenvalue weighted by molar-refractivity contribution is -0.142. The predicted molar refractivity (Wildman–Crippen MR) is 84.6 cm³/mol. The number of amides is 1. The van der Waals surface area contributed by atoms with Gasteiger partial charge in [-0.05, 0) is 37.8 Å². The van der Waals surface area contributed by atoms with E-state index < -0.39 is 5.97 Å². The van der Waals surface area contributed by atoms with E-state index in [1.165, 1.54) is 0 Å². The summed E-state index contributed by atoms with van der Waals surface area (Å²) in [6.07, 6.45) is 2.94. The summed E-state index contributed by atoms with van der Waals surface area (Å²) in [7, 11) is 1.57. The third-order valence-corrected chi connectivity index (χ3v) is 4.10. The molecule has 0 radical (unpaired) electrons. The highest BCUT2D eigenvalue weighted by Crippen LogP contribution is 2.26. The van der Waals surface area contributed by atoms with Crippen LogP contribution in [0.2, 0.25) is 0 Å². The van der Waals surface area contributed by atoms with Crippen molar-refractivity contribution in [3.8, 4) is 11.5 Å². The molecule has 23 heavy (non-hydrogen) atoms. The molecular formula is C17H23NO5. The van der Waals surface area contributed by atoms with Crippen LogP contribution in [0.25, 0.3) is 0 Å². The van der Waals surface area contributed by atoms with Gasteiger partial charge in [-0.1, -0.05) is 12.1 Å². The van der Waals surface area contributed by atoms with E-state index in [-0.39, 0.29) is 30.9 Å². The Hall–Kier alpha value is -2.24. The van der Waals surface area contributed by atoms with Gasteiger partial charge in [-0.3, -0.25) is 9.59 Å². The number of aliphatic carboxylic acids is 1. The molecule has 0 saturated heterocycles. The molecule has 1 amide bonds. The van der Waals surface area contributed by atoms with Crippen LogP contribution >= 0.6 is 0 Å². The third-order valence-electron chi connectivity index (χ3n) is 4.10. The van der Waals surface area contributed by atoms with E-state index in [0.717, 1.165) is 12.8 Å². The van der Waals surface area contributed by atoms with Crippen molar-refractivity contribution in [3.63, 3.8) is 0 Å². The van der Waals surface area contributed by atoms with Gasteiger partial charge in [0.1, 0.15) is 0 Å². The van der Waals surface area contributed by atoms with E-state index in [1.54, 1.807) is 19.2 Å². The standard InChI is InChI=1S/C17H23NO5/c1-22-14-4-2-3-5-15(14)23-11-10-16(19)18-13-8-6-12(7-9-13)17(20)21/h2-5,12-13H,6-11H2,1H3,(H,18,19)(H,20,21). The van der Waals surface area contributed by atoms with Crippen molar-refractivity contribution in [2.45, 2.75) is 38.1 Å². The molecule has 0 bridgehead atoms. The van der Waals surface area contributed by atoms with Gasteiger partial charge < -0.3 is 19.9 Å². The fourth-order valence-electron chi connectivity index (χ4n) is 2.78. The Kier molecular flexibility index (Phi) is 6.26. The van der Waals surface area contributed by atoms with Crippen LogP contribution in [0.15, 0.2) is 24.3 Å². The lowest BCUT2D eigenvalue weighted by atomic mass is 9.86. The van der Waals surface area contributed by atoms with E-state index in [0.29, 0.717) is 24.3 Å². The minimum Gasteiger partial charge on any atom is -0.493 e. The molecule has 0 atom stereocenters. The number of para-hydroxylation sites is 2. The second kappa shape index (κ2) is 8.41. The monoisotopic (exact) mass is 321 g/mol. The van der Waals surface area contributed by atoms with Crippen molar-refractivity contribution in [2.24, 2.45) is 5.92 Å². The first-order valence-electron chi connectivity index (χ1n) is 7.88. The molecule has 0 spiro atoms.